The number of nitroso groups, excluding NO2 is 2. The number of hydrogen-bond acceptors (Lipinski definition) is 4. The lowest BCUT2D eigenvalue weighted by Gasteiger charge is -2.25. The van der Waals surface area contributed by atoms with Gasteiger partial charge in [-0.15, -0.1) is 9.81 Å². The summed E-state index contributed by atoms with van der Waals surface area (Å²) in [7, 11) is 0. The molecule has 4 nitrogen and oxygen atoms in total. The molecule has 1 aliphatic carbocycles. The fraction of sp³-hybridized carbons (Fsp3) is 1.00. The van der Waals surface area contributed by atoms with E-state index in [1.54, 1.807) is 0 Å². The molecule has 0 unspecified atom stereocenters. The van der Waals surface area contributed by atoms with Crippen molar-refractivity contribution in [3.8, 4) is 0 Å². The minimum Gasteiger partial charge on any atom is -0.148 e. The van der Waals surface area contributed by atoms with E-state index in [-0.39, 0.29) is 0 Å². The molecule has 1 aliphatic rings. The highest BCUT2D eigenvalue weighted by Crippen LogP contribution is 2.36. The second-order valence-corrected chi connectivity index (χ2v) is 2.02. The summed E-state index contributed by atoms with van der Waals surface area (Å²) >= 11 is 0. The van der Waals surface area contributed by atoms with Crippen molar-refractivity contribution in [3.05, 3.63) is 9.81 Å². The zero-order valence-electron chi connectivity index (χ0n) is 4.33. The minimum atomic E-state index is -1.06. The fourth-order valence-electron chi connectivity index (χ4n) is 0.692. The highest BCUT2D eigenvalue weighted by atomic mass is 16.3. The number of rotatable bonds is 2. The summed E-state index contributed by atoms with van der Waals surface area (Å²) in [4.78, 5) is 19.6. The van der Waals surface area contributed by atoms with Crippen LogP contribution < -0.4 is 0 Å². The van der Waals surface area contributed by atoms with E-state index in [1.807, 2.05) is 0 Å². The van der Waals surface area contributed by atoms with Crippen molar-refractivity contribution in [2.45, 2.75) is 24.9 Å². The van der Waals surface area contributed by atoms with Crippen molar-refractivity contribution in [2.75, 3.05) is 0 Å². The SMILES string of the molecule is O=NC1(N=O)CCC1. The van der Waals surface area contributed by atoms with Gasteiger partial charge in [0.1, 0.15) is 0 Å². The van der Waals surface area contributed by atoms with Crippen molar-refractivity contribution in [3.63, 3.8) is 0 Å². The van der Waals surface area contributed by atoms with Gasteiger partial charge in [0.05, 0.1) is 0 Å². The van der Waals surface area contributed by atoms with Crippen LogP contribution in [0.5, 0.6) is 0 Å². The summed E-state index contributed by atoms with van der Waals surface area (Å²) in [5, 5.41) is 5.23. The lowest BCUT2D eigenvalue weighted by Crippen LogP contribution is -2.31. The van der Waals surface area contributed by atoms with E-state index < -0.39 is 5.66 Å². The third-order valence-electron chi connectivity index (χ3n) is 1.49. The van der Waals surface area contributed by atoms with E-state index in [4.69, 9.17) is 0 Å². The van der Waals surface area contributed by atoms with E-state index >= 15 is 0 Å². The molecular formula is C4H6N2O2. The van der Waals surface area contributed by atoms with Crippen LogP contribution >= 0.6 is 0 Å². The van der Waals surface area contributed by atoms with Crippen LogP contribution in [0, 0.1) is 9.81 Å². The predicted octanol–water partition coefficient (Wildman–Crippen LogP) is 1.40. The molecule has 1 fully saturated rings. The summed E-state index contributed by atoms with van der Waals surface area (Å²) in [6.07, 6.45) is 1.98. The maximum absolute atomic E-state index is 9.80. The average Bonchev–Trinajstić information content (AvgIpc) is 1.67. The Labute approximate surface area is 46.2 Å². The predicted molar refractivity (Wildman–Crippen MR) is 28.2 cm³/mol. The molecule has 1 saturated carbocycles. The third kappa shape index (κ3) is 0.526. The topological polar surface area (TPSA) is 58.9 Å². The molecule has 0 aromatic carbocycles. The lowest BCUT2D eigenvalue weighted by molar-refractivity contribution is 0.260. The van der Waals surface area contributed by atoms with Crippen molar-refractivity contribution < 1.29 is 0 Å². The van der Waals surface area contributed by atoms with Gasteiger partial charge >= 0.3 is 0 Å². The summed E-state index contributed by atoms with van der Waals surface area (Å²) in [5.41, 5.74) is -1.06. The molecule has 4 heteroatoms. The Kier molecular flexibility index (Phi) is 1.08. The van der Waals surface area contributed by atoms with Crippen LogP contribution in [0.2, 0.25) is 0 Å². The Morgan fingerprint density at radius 2 is 1.62 bits per heavy atom. The summed E-state index contributed by atoms with van der Waals surface area (Å²) < 4.78 is 0. The molecule has 0 radical (unpaired) electrons. The molecule has 0 saturated heterocycles. The van der Waals surface area contributed by atoms with E-state index in [2.05, 4.69) is 10.4 Å². The average molecular weight is 114 g/mol. The van der Waals surface area contributed by atoms with E-state index in [0.29, 0.717) is 12.8 Å². The summed E-state index contributed by atoms with van der Waals surface area (Å²) in [5.74, 6) is 0. The summed E-state index contributed by atoms with van der Waals surface area (Å²) in [6, 6.07) is 0. The first-order chi connectivity index (χ1) is 3.83. The Morgan fingerprint density at radius 1 is 1.12 bits per heavy atom. The highest BCUT2D eigenvalue weighted by Gasteiger charge is 2.40. The molecule has 0 bridgehead atoms. The van der Waals surface area contributed by atoms with Gasteiger partial charge in [0, 0.05) is 0 Å². The van der Waals surface area contributed by atoms with Gasteiger partial charge in [-0.2, -0.15) is 0 Å². The standard InChI is InChI=1S/C4H6N2O2/c7-5-4(6-8)2-1-3-4/h1-3H2. The first-order valence-electron chi connectivity index (χ1n) is 2.52. The van der Waals surface area contributed by atoms with Gasteiger partial charge < -0.3 is 0 Å². The molecule has 44 valence electrons. The second kappa shape index (κ2) is 1.61. The van der Waals surface area contributed by atoms with Crippen molar-refractivity contribution >= 4 is 0 Å². The maximum Gasteiger partial charge on any atom is 0.232 e. The molecule has 0 atom stereocenters. The Balaban J connectivity index is 2.57. The molecule has 0 aliphatic heterocycles. The van der Waals surface area contributed by atoms with Crippen LogP contribution in [0.4, 0.5) is 0 Å². The van der Waals surface area contributed by atoms with E-state index in [1.165, 1.54) is 0 Å². The molecule has 0 heterocycles. The normalized spacial score (nSPS) is 23.5. The number of hydrogen-bond donors (Lipinski definition) is 0. The van der Waals surface area contributed by atoms with Crippen LogP contribution in [0.1, 0.15) is 19.3 Å². The van der Waals surface area contributed by atoms with Crippen LogP contribution in [-0.2, 0) is 0 Å². The quantitative estimate of drug-likeness (QED) is 0.509. The summed E-state index contributed by atoms with van der Waals surface area (Å²) in [6.45, 7) is 0. The Morgan fingerprint density at radius 3 is 1.62 bits per heavy atom. The Hall–Kier alpha value is -0.800. The van der Waals surface area contributed by atoms with Crippen molar-refractivity contribution in [1.82, 2.24) is 0 Å². The fourth-order valence-corrected chi connectivity index (χ4v) is 0.692. The molecule has 0 spiro atoms. The largest absolute Gasteiger partial charge is 0.232 e. The first kappa shape index (κ1) is 5.34. The zero-order chi connectivity index (χ0) is 6.04. The van der Waals surface area contributed by atoms with Gasteiger partial charge in [-0.25, -0.2) is 0 Å². The lowest BCUT2D eigenvalue weighted by atomic mass is 9.87. The van der Waals surface area contributed by atoms with Crippen molar-refractivity contribution in [1.29, 1.82) is 0 Å². The molecular weight excluding hydrogens is 108 g/mol. The molecule has 0 N–H and O–H groups in total. The molecule has 0 aromatic heterocycles. The first-order valence-corrected chi connectivity index (χ1v) is 2.52. The van der Waals surface area contributed by atoms with Crippen LogP contribution in [0.15, 0.2) is 10.4 Å². The molecule has 1 rings (SSSR count). The van der Waals surface area contributed by atoms with Gasteiger partial charge in [0.15, 0.2) is 0 Å². The molecule has 8 heavy (non-hydrogen) atoms. The van der Waals surface area contributed by atoms with Crippen LogP contribution in [-0.4, -0.2) is 5.66 Å². The smallest absolute Gasteiger partial charge is 0.148 e. The minimum absolute atomic E-state index is 0.542. The second-order valence-electron chi connectivity index (χ2n) is 2.02. The van der Waals surface area contributed by atoms with Crippen molar-refractivity contribution in [2.24, 2.45) is 10.4 Å². The molecule has 0 aromatic rings. The van der Waals surface area contributed by atoms with Gasteiger partial charge in [0.2, 0.25) is 5.66 Å². The van der Waals surface area contributed by atoms with Gasteiger partial charge in [-0.1, -0.05) is 0 Å². The maximum atomic E-state index is 9.80. The van der Waals surface area contributed by atoms with Gasteiger partial charge in [0.25, 0.3) is 0 Å². The third-order valence-corrected chi connectivity index (χ3v) is 1.49. The van der Waals surface area contributed by atoms with Gasteiger partial charge in [-0.05, 0) is 29.6 Å². The zero-order valence-corrected chi connectivity index (χ0v) is 4.33. The molecule has 0 amide bonds. The number of nitrogens with zero attached hydrogens (tertiary/aromatic N) is 2. The van der Waals surface area contributed by atoms with E-state index in [0.717, 1.165) is 6.42 Å². The Bertz CT molecular complexity index is 109. The highest BCUT2D eigenvalue weighted by molar-refractivity contribution is 4.92. The van der Waals surface area contributed by atoms with E-state index in [9.17, 15) is 9.81 Å². The van der Waals surface area contributed by atoms with Crippen LogP contribution in [0.3, 0.4) is 0 Å². The van der Waals surface area contributed by atoms with Crippen LogP contribution in [0.25, 0.3) is 0 Å². The monoisotopic (exact) mass is 114 g/mol. The van der Waals surface area contributed by atoms with Gasteiger partial charge in [-0.3, -0.25) is 0 Å².